The van der Waals surface area contributed by atoms with Crippen molar-refractivity contribution in [3.8, 4) is 11.1 Å². The second-order valence-corrected chi connectivity index (χ2v) is 41.1. The average molecular weight is 554 g/mol. The van der Waals surface area contributed by atoms with Crippen LogP contribution >= 0.6 is 18.6 Å². The van der Waals surface area contributed by atoms with Gasteiger partial charge in [-0.05, 0) is 0 Å². The van der Waals surface area contributed by atoms with Gasteiger partial charge >= 0.3 is 222 Å². The van der Waals surface area contributed by atoms with Crippen LogP contribution in [-0.4, -0.2) is 6.66 Å². The molecule has 0 spiro atoms. The minimum absolute atomic E-state index is 0.131. The Morgan fingerprint density at radius 2 is 1.49 bits per heavy atom. The maximum absolute atomic E-state index is 8.09. The van der Waals surface area contributed by atoms with Gasteiger partial charge in [0.1, 0.15) is 0 Å². The molecule has 0 bridgehead atoms. The molecule has 0 fully saturated rings. The molecule has 0 amide bonds. The fourth-order valence-electron chi connectivity index (χ4n) is 6.29. The molecule has 0 saturated heterocycles. The van der Waals surface area contributed by atoms with Crippen LogP contribution in [0.3, 0.4) is 0 Å². The summed E-state index contributed by atoms with van der Waals surface area (Å²) in [5, 5.41) is 0. The van der Waals surface area contributed by atoms with E-state index in [1.807, 2.05) is 0 Å². The van der Waals surface area contributed by atoms with E-state index < -0.39 is 19.1 Å². The molecule has 0 nitrogen and oxygen atoms in total. The monoisotopic (exact) mass is 553 g/mol. The zero-order valence-corrected chi connectivity index (χ0v) is 25.8. The van der Waals surface area contributed by atoms with E-state index in [4.69, 9.17) is 18.6 Å². The molecular formula is C31H35Cl2SiTi. The molecule has 2 unspecified atom stereocenters. The molecule has 0 aromatic heterocycles. The van der Waals surface area contributed by atoms with Crippen LogP contribution in [0.5, 0.6) is 0 Å². The maximum atomic E-state index is 8.09. The van der Waals surface area contributed by atoms with Gasteiger partial charge in [0.05, 0.1) is 0 Å². The van der Waals surface area contributed by atoms with E-state index in [0.29, 0.717) is 0 Å². The molecule has 0 heterocycles. The molecule has 181 valence electrons. The summed E-state index contributed by atoms with van der Waals surface area (Å²) in [6, 6.07) is 24.5. The van der Waals surface area contributed by atoms with Crippen LogP contribution in [0.4, 0.5) is 0 Å². The second kappa shape index (κ2) is 8.61. The van der Waals surface area contributed by atoms with Crippen molar-refractivity contribution in [1.29, 1.82) is 0 Å². The zero-order valence-electron chi connectivity index (χ0n) is 21.6. The number of hydrogen-bond donors (Lipinski definition) is 0. The summed E-state index contributed by atoms with van der Waals surface area (Å²) in [5.41, 5.74) is 10.6. The summed E-state index contributed by atoms with van der Waals surface area (Å²) in [6.45, 7) is 12.3. The van der Waals surface area contributed by atoms with Gasteiger partial charge in [-0.3, -0.25) is 0 Å². The van der Waals surface area contributed by atoms with E-state index >= 15 is 0 Å². The first-order valence-corrected chi connectivity index (χ1v) is 24.4. The van der Waals surface area contributed by atoms with Gasteiger partial charge in [-0.2, -0.15) is 0 Å². The number of benzene rings is 3. The molecule has 0 saturated carbocycles. The number of rotatable bonds is 4. The minimum atomic E-state index is -4.18. The average Bonchev–Trinajstić information content (AvgIpc) is 3.40. The third kappa shape index (κ3) is 3.90. The van der Waals surface area contributed by atoms with Crippen molar-refractivity contribution in [2.24, 2.45) is 0 Å². The molecule has 35 heavy (non-hydrogen) atoms. The van der Waals surface area contributed by atoms with Crippen molar-refractivity contribution < 1.29 is 12.4 Å². The molecular weight excluding hydrogens is 519 g/mol. The molecule has 0 aliphatic heterocycles. The Bertz CT molecular complexity index is 1360. The van der Waals surface area contributed by atoms with Crippen molar-refractivity contribution >= 4 is 37.4 Å². The first-order chi connectivity index (χ1) is 16.4. The summed E-state index contributed by atoms with van der Waals surface area (Å²) in [7, 11) is 16.2. The normalized spacial score (nSPS) is 20.4. The third-order valence-electron chi connectivity index (χ3n) is 8.39. The van der Waals surface area contributed by atoms with Crippen molar-refractivity contribution in [1.82, 2.24) is 0 Å². The van der Waals surface area contributed by atoms with Gasteiger partial charge in [0.25, 0.3) is 0 Å². The Morgan fingerprint density at radius 3 is 2.14 bits per heavy atom. The summed E-state index contributed by atoms with van der Waals surface area (Å²) < 4.78 is 0.277. The summed E-state index contributed by atoms with van der Waals surface area (Å²) in [4.78, 5) is 0. The van der Waals surface area contributed by atoms with E-state index in [2.05, 4.69) is 126 Å². The van der Waals surface area contributed by atoms with E-state index in [9.17, 15) is 0 Å². The quantitative estimate of drug-likeness (QED) is 0.282. The van der Waals surface area contributed by atoms with Gasteiger partial charge < -0.3 is 0 Å². The van der Waals surface area contributed by atoms with E-state index in [-0.39, 0.29) is 13.9 Å². The van der Waals surface area contributed by atoms with Crippen molar-refractivity contribution in [2.75, 3.05) is 0 Å². The zero-order chi connectivity index (χ0) is 25.2. The standard InChI is InChI=1S/C20H21.C9H7.C2H7Si.2ClH.Ti/c1-14-12-16-6-5-7-18(19(16)13-14)15-8-10-17(11-9-15)20(2,3)4;1-2-5-9-7-3-6-8(9)4-1;1-3-2;;;/h5-13H,1-4H3;1-7H;3H,1-2H3;2*1H;/q;;;;;+2/p-2. The molecule has 3 aromatic carbocycles. The van der Waals surface area contributed by atoms with E-state index in [1.54, 1.807) is 0 Å². The van der Waals surface area contributed by atoms with Crippen LogP contribution in [0, 0.1) is 0 Å². The Labute approximate surface area is 220 Å². The molecule has 0 N–H and O–H groups in total. The molecule has 2 atom stereocenters. The topological polar surface area (TPSA) is 0 Å². The molecule has 2 aliphatic rings. The van der Waals surface area contributed by atoms with Crippen LogP contribution in [0.1, 0.15) is 64.0 Å². The Balaban J connectivity index is 1.66. The van der Waals surface area contributed by atoms with E-state index in [0.717, 1.165) is 0 Å². The number of allylic oxidation sites excluding steroid dienone is 2. The van der Waals surface area contributed by atoms with E-state index in [1.165, 1.54) is 44.5 Å². The van der Waals surface area contributed by atoms with Crippen molar-refractivity contribution in [2.45, 2.75) is 54.6 Å². The number of halogens is 2. The van der Waals surface area contributed by atoms with Crippen LogP contribution in [0.25, 0.3) is 23.3 Å². The molecule has 4 heteroatoms. The van der Waals surface area contributed by atoms with Crippen LogP contribution in [-0.2, 0) is 17.9 Å². The predicted molar refractivity (Wildman–Crippen MR) is 156 cm³/mol. The van der Waals surface area contributed by atoms with Crippen LogP contribution < -0.4 is 0 Å². The Morgan fingerprint density at radius 1 is 0.829 bits per heavy atom. The summed E-state index contributed by atoms with van der Waals surface area (Å²) in [5.74, 6) is 0. The molecule has 3 aromatic rings. The second-order valence-electron chi connectivity index (χ2n) is 11.8. The first-order valence-electron chi connectivity index (χ1n) is 12.7. The van der Waals surface area contributed by atoms with Crippen molar-refractivity contribution in [3.63, 3.8) is 0 Å². The number of fused-ring (bicyclic) bond motifs is 2. The Hall–Kier alpha value is -1.35. The SMILES string of the molecule is CC1=Cc2c(-c3ccc(C(C)(C)C)cc3)cccc2[CH]1[Ti]([Cl])([Cl])([CH]1C=Cc2ccccc21)[SiH](C)C. The first kappa shape index (κ1) is 25.3. The van der Waals surface area contributed by atoms with Crippen LogP contribution in [0.15, 0.2) is 78.4 Å². The Kier molecular flexibility index (Phi) is 6.22. The van der Waals surface area contributed by atoms with Gasteiger partial charge in [0, 0.05) is 0 Å². The molecule has 2 aliphatic carbocycles. The van der Waals surface area contributed by atoms with Gasteiger partial charge in [-0.15, -0.1) is 0 Å². The fourth-order valence-corrected chi connectivity index (χ4v) is 26.6. The summed E-state index contributed by atoms with van der Waals surface area (Å²) in [6.07, 6.45) is 6.95. The van der Waals surface area contributed by atoms with Crippen molar-refractivity contribution in [3.05, 3.63) is 106 Å². The summed E-state index contributed by atoms with van der Waals surface area (Å²) >= 11 is -4.18. The van der Waals surface area contributed by atoms with Gasteiger partial charge in [0.2, 0.25) is 0 Å². The van der Waals surface area contributed by atoms with Gasteiger partial charge in [0.15, 0.2) is 0 Å². The van der Waals surface area contributed by atoms with Gasteiger partial charge in [-0.1, -0.05) is 0 Å². The van der Waals surface area contributed by atoms with Gasteiger partial charge in [-0.25, -0.2) is 0 Å². The third-order valence-corrected chi connectivity index (χ3v) is 43.9. The number of hydrogen-bond acceptors (Lipinski definition) is 0. The van der Waals surface area contributed by atoms with Crippen LogP contribution in [0.2, 0.25) is 13.1 Å². The predicted octanol–water partition coefficient (Wildman–Crippen LogP) is 9.86. The fraction of sp³-hybridized carbons (Fsp3) is 0.290. The molecule has 5 rings (SSSR count). The molecule has 0 radical (unpaired) electrons.